The molecule has 1 fully saturated rings. The van der Waals surface area contributed by atoms with Gasteiger partial charge in [-0.15, -0.1) is 11.3 Å². The first kappa shape index (κ1) is 14.7. The van der Waals surface area contributed by atoms with Crippen molar-refractivity contribution in [2.75, 3.05) is 6.54 Å². The van der Waals surface area contributed by atoms with Gasteiger partial charge in [0.25, 0.3) is 0 Å². The molecule has 2 aromatic rings. The zero-order valence-electron chi connectivity index (χ0n) is 11.5. The standard InChI is InChI=1S/C13H18N4O2S2/c18-21(19,17-8-11-7-14-9-16-11)13-4-3-12(20-13)5-6-15-10-1-2-10/h3-4,7,9-10,15,17H,1-2,5-6,8H2,(H,14,16). The number of rotatable bonds is 8. The van der Waals surface area contributed by atoms with Crippen LogP contribution in [0.15, 0.2) is 28.9 Å². The van der Waals surface area contributed by atoms with Gasteiger partial charge in [-0.3, -0.25) is 0 Å². The predicted molar refractivity (Wildman–Crippen MR) is 81.7 cm³/mol. The number of aromatic nitrogens is 2. The van der Waals surface area contributed by atoms with Gasteiger partial charge in [0.05, 0.1) is 12.9 Å². The molecule has 1 aliphatic rings. The van der Waals surface area contributed by atoms with E-state index in [1.165, 1.54) is 30.5 Å². The minimum Gasteiger partial charge on any atom is -0.347 e. The fourth-order valence-corrected chi connectivity index (χ4v) is 4.36. The van der Waals surface area contributed by atoms with Crippen molar-refractivity contribution in [3.63, 3.8) is 0 Å². The third kappa shape index (κ3) is 4.13. The minimum absolute atomic E-state index is 0.221. The number of nitrogens with one attached hydrogen (secondary N) is 3. The molecule has 2 aromatic heterocycles. The molecular weight excluding hydrogens is 308 g/mol. The first-order valence-electron chi connectivity index (χ1n) is 6.92. The van der Waals surface area contributed by atoms with E-state index in [0.29, 0.717) is 10.3 Å². The Balaban J connectivity index is 1.55. The quantitative estimate of drug-likeness (QED) is 0.681. The summed E-state index contributed by atoms with van der Waals surface area (Å²) in [6, 6.07) is 4.25. The molecule has 0 aromatic carbocycles. The van der Waals surface area contributed by atoms with Crippen LogP contribution in [-0.4, -0.2) is 31.0 Å². The Morgan fingerprint density at radius 2 is 2.24 bits per heavy atom. The number of H-pyrrole nitrogens is 1. The fraction of sp³-hybridized carbons (Fsp3) is 0.462. The Hall–Kier alpha value is -1.22. The van der Waals surface area contributed by atoms with Gasteiger partial charge in [0.15, 0.2) is 0 Å². The molecule has 3 rings (SSSR count). The van der Waals surface area contributed by atoms with E-state index in [1.807, 2.05) is 6.07 Å². The second kappa shape index (κ2) is 6.27. The lowest BCUT2D eigenvalue weighted by Gasteiger charge is -2.03. The van der Waals surface area contributed by atoms with Gasteiger partial charge in [-0.1, -0.05) is 0 Å². The van der Waals surface area contributed by atoms with Gasteiger partial charge >= 0.3 is 0 Å². The highest BCUT2D eigenvalue weighted by Crippen LogP contribution is 2.23. The highest BCUT2D eigenvalue weighted by molar-refractivity contribution is 7.91. The Labute approximate surface area is 128 Å². The van der Waals surface area contributed by atoms with E-state index in [1.54, 1.807) is 12.3 Å². The molecule has 0 saturated heterocycles. The maximum Gasteiger partial charge on any atom is 0.250 e. The summed E-state index contributed by atoms with van der Waals surface area (Å²) in [6.07, 6.45) is 6.53. The smallest absolute Gasteiger partial charge is 0.250 e. The molecule has 2 heterocycles. The number of nitrogens with zero attached hydrogens (tertiary/aromatic N) is 1. The normalized spacial score (nSPS) is 15.4. The van der Waals surface area contributed by atoms with Crippen LogP contribution in [0.5, 0.6) is 0 Å². The number of thiophene rings is 1. The SMILES string of the molecule is O=S(=O)(NCc1cnc[nH]1)c1ccc(CCNC2CC2)s1. The number of aromatic amines is 1. The average molecular weight is 326 g/mol. The zero-order valence-corrected chi connectivity index (χ0v) is 13.1. The lowest BCUT2D eigenvalue weighted by atomic mass is 10.3. The maximum absolute atomic E-state index is 12.2. The summed E-state index contributed by atoms with van der Waals surface area (Å²) in [5.74, 6) is 0. The summed E-state index contributed by atoms with van der Waals surface area (Å²) < 4.78 is 27.3. The van der Waals surface area contributed by atoms with Crippen molar-refractivity contribution < 1.29 is 8.42 Å². The van der Waals surface area contributed by atoms with Crippen LogP contribution in [0, 0.1) is 0 Å². The zero-order chi connectivity index (χ0) is 14.7. The second-order valence-corrected chi connectivity index (χ2v) is 8.26. The Morgan fingerprint density at radius 1 is 1.38 bits per heavy atom. The van der Waals surface area contributed by atoms with Crippen molar-refractivity contribution >= 4 is 21.4 Å². The maximum atomic E-state index is 12.2. The Morgan fingerprint density at radius 3 is 2.95 bits per heavy atom. The summed E-state index contributed by atoms with van der Waals surface area (Å²) in [5, 5.41) is 3.43. The monoisotopic (exact) mass is 326 g/mol. The molecule has 6 nitrogen and oxygen atoms in total. The van der Waals surface area contributed by atoms with E-state index in [0.717, 1.165) is 23.5 Å². The summed E-state index contributed by atoms with van der Waals surface area (Å²) in [4.78, 5) is 7.81. The van der Waals surface area contributed by atoms with Crippen LogP contribution in [0.1, 0.15) is 23.4 Å². The molecule has 0 amide bonds. The van der Waals surface area contributed by atoms with Crippen LogP contribution >= 0.6 is 11.3 Å². The minimum atomic E-state index is -3.44. The first-order chi connectivity index (χ1) is 10.1. The molecule has 1 aliphatic carbocycles. The van der Waals surface area contributed by atoms with Gasteiger partial charge in [0, 0.05) is 29.4 Å². The first-order valence-corrected chi connectivity index (χ1v) is 9.22. The second-order valence-electron chi connectivity index (χ2n) is 5.10. The molecule has 1 saturated carbocycles. The van der Waals surface area contributed by atoms with Gasteiger partial charge in [0.2, 0.25) is 10.0 Å². The van der Waals surface area contributed by atoms with Crippen molar-refractivity contribution in [3.8, 4) is 0 Å². The molecule has 0 bridgehead atoms. The lowest BCUT2D eigenvalue weighted by Crippen LogP contribution is -2.22. The van der Waals surface area contributed by atoms with Crippen LogP contribution in [0.2, 0.25) is 0 Å². The largest absolute Gasteiger partial charge is 0.347 e. The van der Waals surface area contributed by atoms with Crippen LogP contribution in [0.25, 0.3) is 0 Å². The summed E-state index contributed by atoms with van der Waals surface area (Å²) in [7, 11) is -3.44. The van der Waals surface area contributed by atoms with Gasteiger partial charge in [-0.25, -0.2) is 18.1 Å². The van der Waals surface area contributed by atoms with E-state index >= 15 is 0 Å². The van der Waals surface area contributed by atoms with Crippen molar-refractivity contribution in [2.24, 2.45) is 0 Å². The molecule has 21 heavy (non-hydrogen) atoms. The number of sulfonamides is 1. The lowest BCUT2D eigenvalue weighted by molar-refractivity contribution is 0.582. The topological polar surface area (TPSA) is 86.9 Å². The Kier molecular flexibility index (Phi) is 4.39. The molecule has 114 valence electrons. The van der Waals surface area contributed by atoms with Gasteiger partial charge < -0.3 is 10.3 Å². The van der Waals surface area contributed by atoms with Crippen LogP contribution in [-0.2, 0) is 23.0 Å². The summed E-state index contributed by atoms with van der Waals surface area (Å²) >= 11 is 1.33. The van der Waals surface area contributed by atoms with E-state index in [4.69, 9.17) is 0 Å². The van der Waals surface area contributed by atoms with Crippen molar-refractivity contribution in [2.45, 2.75) is 36.1 Å². The summed E-state index contributed by atoms with van der Waals surface area (Å²) in [6.45, 7) is 1.13. The molecule has 0 unspecified atom stereocenters. The van der Waals surface area contributed by atoms with E-state index in [9.17, 15) is 8.42 Å². The fourth-order valence-electron chi connectivity index (χ4n) is 1.95. The van der Waals surface area contributed by atoms with E-state index in [2.05, 4.69) is 20.0 Å². The molecule has 3 N–H and O–H groups in total. The predicted octanol–water partition coefficient (Wildman–Crippen LogP) is 1.24. The van der Waals surface area contributed by atoms with Gasteiger partial charge in [-0.2, -0.15) is 0 Å². The molecule has 0 radical (unpaired) electrons. The highest BCUT2D eigenvalue weighted by atomic mass is 32.2. The van der Waals surface area contributed by atoms with Crippen molar-refractivity contribution in [1.29, 1.82) is 0 Å². The van der Waals surface area contributed by atoms with Crippen molar-refractivity contribution in [1.82, 2.24) is 20.0 Å². The third-order valence-electron chi connectivity index (χ3n) is 3.29. The number of hydrogen-bond acceptors (Lipinski definition) is 5. The number of imidazole rings is 1. The summed E-state index contributed by atoms with van der Waals surface area (Å²) in [5.41, 5.74) is 0.740. The van der Waals surface area contributed by atoms with Crippen molar-refractivity contribution in [3.05, 3.63) is 35.2 Å². The molecule has 0 spiro atoms. The number of hydrogen-bond donors (Lipinski definition) is 3. The third-order valence-corrected chi connectivity index (χ3v) is 6.33. The molecule has 0 atom stereocenters. The van der Waals surface area contributed by atoms with Crippen LogP contribution in [0.3, 0.4) is 0 Å². The Bertz CT molecular complexity index is 675. The van der Waals surface area contributed by atoms with Gasteiger partial charge in [-0.05, 0) is 31.4 Å². The van der Waals surface area contributed by atoms with Gasteiger partial charge in [0.1, 0.15) is 4.21 Å². The van der Waals surface area contributed by atoms with Crippen LogP contribution in [0.4, 0.5) is 0 Å². The highest BCUT2D eigenvalue weighted by Gasteiger charge is 2.20. The molecule has 8 heteroatoms. The molecular formula is C13H18N4O2S2. The van der Waals surface area contributed by atoms with E-state index < -0.39 is 10.0 Å². The van der Waals surface area contributed by atoms with E-state index in [-0.39, 0.29) is 6.54 Å². The van der Waals surface area contributed by atoms with Crippen LogP contribution < -0.4 is 10.0 Å². The molecule has 0 aliphatic heterocycles. The average Bonchev–Trinajstić information content (AvgIpc) is 2.94.